The van der Waals surface area contributed by atoms with E-state index in [9.17, 15) is 9.18 Å². The third-order valence-corrected chi connectivity index (χ3v) is 2.97. The highest BCUT2D eigenvalue weighted by Gasteiger charge is 2.11. The van der Waals surface area contributed by atoms with Gasteiger partial charge in [0.1, 0.15) is 11.6 Å². The quantitative estimate of drug-likeness (QED) is 0.918. The number of carboxylic acids is 1. The monoisotopic (exact) mass is 260 g/mol. The van der Waals surface area contributed by atoms with E-state index in [2.05, 4.69) is 0 Å². The predicted octanol–water partition coefficient (Wildman–Crippen LogP) is 3.51. The number of hydrogen-bond acceptors (Lipinski definition) is 2. The van der Waals surface area contributed by atoms with Crippen LogP contribution >= 0.6 is 0 Å². The molecule has 0 amide bonds. The van der Waals surface area contributed by atoms with E-state index in [0.29, 0.717) is 22.4 Å². The Morgan fingerprint density at radius 1 is 1.26 bits per heavy atom. The van der Waals surface area contributed by atoms with Crippen LogP contribution in [0.15, 0.2) is 36.4 Å². The summed E-state index contributed by atoms with van der Waals surface area (Å²) in [5.41, 5.74) is 1.90. The van der Waals surface area contributed by atoms with Gasteiger partial charge in [0.15, 0.2) is 0 Å². The van der Waals surface area contributed by atoms with Crippen LogP contribution < -0.4 is 4.74 Å². The SMILES string of the molecule is COc1cc(F)c(C)c(-c2cccc(C(=O)O)c2)c1. The molecule has 4 heteroatoms. The van der Waals surface area contributed by atoms with E-state index in [1.165, 1.54) is 25.3 Å². The Morgan fingerprint density at radius 3 is 2.63 bits per heavy atom. The van der Waals surface area contributed by atoms with E-state index in [1.807, 2.05) is 0 Å². The summed E-state index contributed by atoms with van der Waals surface area (Å²) in [6.45, 7) is 1.65. The van der Waals surface area contributed by atoms with Crippen molar-refractivity contribution in [1.29, 1.82) is 0 Å². The minimum Gasteiger partial charge on any atom is -0.497 e. The Balaban J connectivity index is 2.61. The second-order valence-electron chi connectivity index (χ2n) is 4.17. The van der Waals surface area contributed by atoms with Crippen LogP contribution in [0.25, 0.3) is 11.1 Å². The first kappa shape index (κ1) is 13.1. The second-order valence-corrected chi connectivity index (χ2v) is 4.17. The summed E-state index contributed by atoms with van der Waals surface area (Å²) in [6.07, 6.45) is 0. The third-order valence-electron chi connectivity index (χ3n) is 2.97. The van der Waals surface area contributed by atoms with Crippen LogP contribution in [0.4, 0.5) is 4.39 Å². The van der Waals surface area contributed by atoms with Crippen LogP contribution in [-0.2, 0) is 0 Å². The summed E-state index contributed by atoms with van der Waals surface area (Å²) >= 11 is 0. The highest BCUT2D eigenvalue weighted by Crippen LogP contribution is 2.30. The van der Waals surface area contributed by atoms with Crippen molar-refractivity contribution in [3.05, 3.63) is 53.3 Å². The fraction of sp³-hybridized carbons (Fsp3) is 0.133. The number of rotatable bonds is 3. The van der Waals surface area contributed by atoms with Crippen LogP contribution in [0, 0.1) is 12.7 Å². The van der Waals surface area contributed by atoms with Gasteiger partial charge < -0.3 is 9.84 Å². The van der Waals surface area contributed by atoms with Crippen molar-refractivity contribution in [2.75, 3.05) is 7.11 Å². The van der Waals surface area contributed by atoms with Gasteiger partial charge in [-0.05, 0) is 41.8 Å². The Labute approximate surface area is 110 Å². The fourth-order valence-corrected chi connectivity index (χ4v) is 1.89. The van der Waals surface area contributed by atoms with Crippen LogP contribution in [0.5, 0.6) is 5.75 Å². The van der Waals surface area contributed by atoms with Gasteiger partial charge >= 0.3 is 5.97 Å². The molecule has 0 aliphatic rings. The van der Waals surface area contributed by atoms with Crippen molar-refractivity contribution >= 4 is 5.97 Å². The molecule has 0 aromatic heterocycles. The van der Waals surface area contributed by atoms with Crippen molar-refractivity contribution in [3.8, 4) is 16.9 Å². The van der Waals surface area contributed by atoms with Crippen LogP contribution in [-0.4, -0.2) is 18.2 Å². The molecule has 0 spiro atoms. The topological polar surface area (TPSA) is 46.5 Å². The molecule has 19 heavy (non-hydrogen) atoms. The number of ether oxygens (including phenoxy) is 1. The molecule has 2 aromatic carbocycles. The maximum Gasteiger partial charge on any atom is 0.335 e. The zero-order valence-corrected chi connectivity index (χ0v) is 10.6. The highest BCUT2D eigenvalue weighted by molar-refractivity contribution is 5.89. The van der Waals surface area contributed by atoms with Gasteiger partial charge in [-0.25, -0.2) is 9.18 Å². The first-order chi connectivity index (χ1) is 9.02. The maximum absolute atomic E-state index is 13.8. The number of hydrogen-bond donors (Lipinski definition) is 1. The smallest absolute Gasteiger partial charge is 0.335 e. The minimum atomic E-state index is -1.01. The molecule has 0 saturated heterocycles. The number of benzene rings is 2. The number of methoxy groups -OCH3 is 1. The lowest BCUT2D eigenvalue weighted by Gasteiger charge is -2.10. The van der Waals surface area contributed by atoms with Gasteiger partial charge in [0.25, 0.3) is 0 Å². The van der Waals surface area contributed by atoms with E-state index >= 15 is 0 Å². The van der Waals surface area contributed by atoms with E-state index in [-0.39, 0.29) is 11.4 Å². The lowest BCUT2D eigenvalue weighted by atomic mass is 9.98. The second kappa shape index (κ2) is 5.10. The van der Waals surface area contributed by atoms with Crippen LogP contribution in [0.3, 0.4) is 0 Å². The molecule has 0 atom stereocenters. The van der Waals surface area contributed by atoms with Gasteiger partial charge in [-0.15, -0.1) is 0 Å². The van der Waals surface area contributed by atoms with E-state index in [4.69, 9.17) is 9.84 Å². The summed E-state index contributed by atoms with van der Waals surface area (Å²) in [7, 11) is 1.46. The Bertz CT molecular complexity index is 635. The molecular weight excluding hydrogens is 247 g/mol. The molecule has 2 rings (SSSR count). The Morgan fingerprint density at radius 2 is 2.00 bits per heavy atom. The number of carboxylic acid groups (broad SMARTS) is 1. The lowest BCUT2D eigenvalue weighted by Crippen LogP contribution is -1.97. The number of aromatic carboxylic acids is 1. The fourth-order valence-electron chi connectivity index (χ4n) is 1.89. The highest BCUT2D eigenvalue weighted by atomic mass is 19.1. The lowest BCUT2D eigenvalue weighted by molar-refractivity contribution is 0.0697. The zero-order chi connectivity index (χ0) is 14.0. The molecule has 0 aliphatic carbocycles. The van der Waals surface area contributed by atoms with Gasteiger partial charge in [0.2, 0.25) is 0 Å². The molecule has 98 valence electrons. The van der Waals surface area contributed by atoms with Gasteiger partial charge in [0.05, 0.1) is 12.7 Å². The van der Waals surface area contributed by atoms with Gasteiger partial charge in [-0.2, -0.15) is 0 Å². The maximum atomic E-state index is 13.8. The van der Waals surface area contributed by atoms with E-state index < -0.39 is 5.97 Å². The zero-order valence-electron chi connectivity index (χ0n) is 10.6. The molecule has 0 unspecified atom stereocenters. The third kappa shape index (κ3) is 2.57. The van der Waals surface area contributed by atoms with Crippen molar-refractivity contribution in [1.82, 2.24) is 0 Å². The summed E-state index contributed by atoms with van der Waals surface area (Å²) < 4.78 is 18.8. The normalized spacial score (nSPS) is 10.3. The molecule has 0 saturated carbocycles. The molecular formula is C15H13FO3. The summed E-state index contributed by atoms with van der Waals surface area (Å²) in [5, 5.41) is 8.98. The molecule has 0 bridgehead atoms. The number of halogens is 1. The van der Waals surface area contributed by atoms with E-state index in [1.54, 1.807) is 25.1 Å². The molecule has 1 N–H and O–H groups in total. The first-order valence-corrected chi connectivity index (χ1v) is 5.71. The van der Waals surface area contributed by atoms with Crippen molar-refractivity contribution in [3.63, 3.8) is 0 Å². The van der Waals surface area contributed by atoms with Crippen LogP contribution in [0.2, 0.25) is 0 Å². The van der Waals surface area contributed by atoms with Gasteiger partial charge in [-0.1, -0.05) is 12.1 Å². The van der Waals surface area contributed by atoms with Gasteiger partial charge in [-0.3, -0.25) is 0 Å². The van der Waals surface area contributed by atoms with E-state index in [0.717, 1.165) is 0 Å². The molecule has 0 fully saturated rings. The summed E-state index contributed by atoms with van der Waals surface area (Å²) in [5.74, 6) is -0.989. The molecule has 0 heterocycles. The predicted molar refractivity (Wildman–Crippen MR) is 70.1 cm³/mol. The number of carbonyl (C=O) groups is 1. The standard InChI is InChI=1S/C15H13FO3/c1-9-13(7-12(19-2)8-14(9)16)10-4-3-5-11(6-10)15(17)18/h3-8H,1-2H3,(H,17,18). The summed E-state index contributed by atoms with van der Waals surface area (Å²) in [6, 6.07) is 9.39. The van der Waals surface area contributed by atoms with Crippen molar-refractivity contribution in [2.45, 2.75) is 6.92 Å². The van der Waals surface area contributed by atoms with Crippen molar-refractivity contribution < 1.29 is 19.0 Å². The average molecular weight is 260 g/mol. The van der Waals surface area contributed by atoms with Crippen LogP contribution in [0.1, 0.15) is 15.9 Å². The Kier molecular flexibility index (Phi) is 3.51. The largest absolute Gasteiger partial charge is 0.497 e. The van der Waals surface area contributed by atoms with Gasteiger partial charge in [0, 0.05) is 6.07 Å². The Hall–Kier alpha value is -2.36. The average Bonchev–Trinajstić information content (AvgIpc) is 2.41. The van der Waals surface area contributed by atoms with Crippen molar-refractivity contribution in [2.24, 2.45) is 0 Å². The molecule has 0 aliphatic heterocycles. The minimum absolute atomic E-state index is 0.167. The first-order valence-electron chi connectivity index (χ1n) is 5.71. The summed E-state index contributed by atoms with van der Waals surface area (Å²) in [4.78, 5) is 11.0. The molecule has 3 nitrogen and oxygen atoms in total. The molecule has 2 aromatic rings. The molecule has 0 radical (unpaired) electrons.